The maximum atomic E-state index is 13.7. The Kier molecular flexibility index (Phi) is 4.41. The molecular weight excluding hydrogens is 290 g/mol. The van der Waals surface area contributed by atoms with Crippen LogP contribution in [0, 0.1) is 11.6 Å². The van der Waals surface area contributed by atoms with Crippen LogP contribution < -0.4 is 21.9 Å². The molecule has 2 aromatic rings. The van der Waals surface area contributed by atoms with Gasteiger partial charge in [-0.2, -0.15) is 0 Å². The lowest BCUT2D eigenvalue weighted by molar-refractivity contribution is 0.464. The zero-order valence-electron chi connectivity index (χ0n) is 12.5. The van der Waals surface area contributed by atoms with Crippen LogP contribution in [0.2, 0.25) is 0 Å². The van der Waals surface area contributed by atoms with Crippen LogP contribution in [0.3, 0.4) is 0 Å². The van der Waals surface area contributed by atoms with E-state index >= 15 is 0 Å². The van der Waals surface area contributed by atoms with Crippen LogP contribution in [0.5, 0.6) is 0 Å². The van der Waals surface area contributed by atoms with Gasteiger partial charge in [0.05, 0.1) is 5.69 Å². The number of hydrogen-bond donors (Lipinski definition) is 4. The van der Waals surface area contributed by atoms with Gasteiger partial charge in [-0.05, 0) is 32.9 Å². The molecule has 118 valence electrons. The van der Waals surface area contributed by atoms with Crippen molar-refractivity contribution < 1.29 is 8.78 Å². The number of hydrazine groups is 1. The Bertz CT molecular complexity index is 669. The van der Waals surface area contributed by atoms with Crippen LogP contribution in [0.1, 0.15) is 20.8 Å². The van der Waals surface area contributed by atoms with Crippen molar-refractivity contribution in [2.24, 2.45) is 0 Å². The van der Waals surface area contributed by atoms with Crippen LogP contribution in [0.15, 0.2) is 24.5 Å². The molecule has 1 aromatic heterocycles. The molecule has 0 unspecified atom stereocenters. The summed E-state index contributed by atoms with van der Waals surface area (Å²) >= 11 is 0. The Balaban J connectivity index is 2.21. The highest BCUT2D eigenvalue weighted by atomic mass is 19.1. The summed E-state index contributed by atoms with van der Waals surface area (Å²) in [4.78, 5) is 7.98. The van der Waals surface area contributed by atoms with E-state index in [4.69, 9.17) is 5.73 Å². The lowest BCUT2D eigenvalue weighted by Gasteiger charge is -2.22. The van der Waals surface area contributed by atoms with Crippen molar-refractivity contribution in [1.29, 1.82) is 0 Å². The molecule has 0 bridgehead atoms. The Morgan fingerprint density at radius 1 is 1.09 bits per heavy atom. The Morgan fingerprint density at radius 2 is 1.77 bits per heavy atom. The molecule has 5 N–H and O–H groups in total. The third kappa shape index (κ3) is 4.01. The fourth-order valence-electron chi connectivity index (χ4n) is 1.56. The number of aromatic nitrogens is 2. The summed E-state index contributed by atoms with van der Waals surface area (Å²) in [6, 6.07) is 3.19. The van der Waals surface area contributed by atoms with Crippen molar-refractivity contribution >= 4 is 23.0 Å². The average molecular weight is 308 g/mol. The van der Waals surface area contributed by atoms with Gasteiger partial charge in [0.1, 0.15) is 23.6 Å². The quantitative estimate of drug-likeness (QED) is 0.650. The van der Waals surface area contributed by atoms with Gasteiger partial charge in [0, 0.05) is 11.6 Å². The van der Waals surface area contributed by atoms with E-state index < -0.39 is 11.6 Å². The van der Waals surface area contributed by atoms with E-state index in [1.807, 2.05) is 20.8 Å². The van der Waals surface area contributed by atoms with Gasteiger partial charge in [-0.3, -0.25) is 0 Å². The number of nitrogen functional groups attached to an aromatic ring is 1. The molecule has 0 spiro atoms. The largest absolute Gasteiger partial charge is 0.393 e. The minimum absolute atomic E-state index is 0.0709. The molecule has 0 saturated heterocycles. The number of nitrogens with two attached hydrogens (primary N) is 1. The molecule has 0 aliphatic heterocycles. The van der Waals surface area contributed by atoms with Crippen LogP contribution in [-0.2, 0) is 0 Å². The smallest absolute Gasteiger partial charge is 0.169 e. The molecule has 8 heteroatoms. The second kappa shape index (κ2) is 6.10. The van der Waals surface area contributed by atoms with Crippen molar-refractivity contribution in [3.05, 3.63) is 36.2 Å². The molecule has 0 saturated carbocycles. The van der Waals surface area contributed by atoms with E-state index in [9.17, 15) is 8.78 Å². The summed E-state index contributed by atoms with van der Waals surface area (Å²) in [7, 11) is 0. The molecule has 1 heterocycles. The van der Waals surface area contributed by atoms with Crippen molar-refractivity contribution in [1.82, 2.24) is 15.4 Å². The van der Waals surface area contributed by atoms with E-state index in [-0.39, 0.29) is 22.7 Å². The fourth-order valence-corrected chi connectivity index (χ4v) is 1.56. The highest BCUT2D eigenvalue weighted by molar-refractivity contribution is 5.77. The van der Waals surface area contributed by atoms with E-state index in [2.05, 4.69) is 26.1 Å². The summed E-state index contributed by atoms with van der Waals surface area (Å²) < 4.78 is 26.6. The Labute approximate surface area is 127 Å². The van der Waals surface area contributed by atoms with E-state index in [1.54, 1.807) is 0 Å². The van der Waals surface area contributed by atoms with Crippen molar-refractivity contribution in [2.45, 2.75) is 26.3 Å². The zero-order valence-corrected chi connectivity index (χ0v) is 12.5. The van der Waals surface area contributed by atoms with Crippen molar-refractivity contribution in [3.8, 4) is 0 Å². The van der Waals surface area contributed by atoms with Crippen molar-refractivity contribution in [2.75, 3.05) is 16.5 Å². The molecule has 0 aliphatic rings. The second-order valence-corrected chi connectivity index (χ2v) is 5.73. The predicted molar refractivity (Wildman–Crippen MR) is 82.6 cm³/mol. The third-order valence-corrected chi connectivity index (χ3v) is 2.62. The number of halogens is 2. The number of benzene rings is 1. The molecule has 0 radical (unpaired) electrons. The lowest BCUT2D eigenvalue weighted by Crippen LogP contribution is -2.40. The molecule has 0 aliphatic carbocycles. The van der Waals surface area contributed by atoms with Gasteiger partial charge in [-0.1, -0.05) is 0 Å². The molecular formula is C14H18F2N6. The Hall–Kier alpha value is -2.48. The first-order valence-electron chi connectivity index (χ1n) is 6.62. The molecule has 0 fully saturated rings. The summed E-state index contributed by atoms with van der Waals surface area (Å²) in [5, 5.41) is 2.72. The molecule has 0 atom stereocenters. The SMILES string of the molecule is CC(C)(C)NNc1ncnc(Nc2ccc(F)cc2F)c1N. The predicted octanol–water partition coefficient (Wildman–Crippen LogP) is 2.80. The van der Waals surface area contributed by atoms with E-state index in [0.29, 0.717) is 5.82 Å². The fraction of sp³-hybridized carbons (Fsp3) is 0.286. The van der Waals surface area contributed by atoms with Crippen LogP contribution in [0.25, 0.3) is 0 Å². The molecule has 6 nitrogen and oxygen atoms in total. The standard InChI is InChI=1S/C14H18F2N6/c1-14(2,3)22-21-13-11(17)12(18-7-19-13)20-10-5-4-8(15)6-9(10)16/h4-7,22H,17H2,1-3H3,(H2,18,19,20,21). The monoisotopic (exact) mass is 308 g/mol. The number of hydrogen-bond acceptors (Lipinski definition) is 6. The maximum Gasteiger partial charge on any atom is 0.169 e. The minimum atomic E-state index is -0.736. The van der Waals surface area contributed by atoms with Gasteiger partial charge in [0.15, 0.2) is 11.6 Å². The van der Waals surface area contributed by atoms with Crippen LogP contribution in [-0.4, -0.2) is 15.5 Å². The molecule has 22 heavy (non-hydrogen) atoms. The first-order chi connectivity index (χ1) is 10.3. The summed E-state index contributed by atoms with van der Waals surface area (Å²) in [5.74, 6) is -0.815. The number of rotatable bonds is 4. The molecule has 0 amide bonds. The molecule has 2 rings (SSSR count). The normalized spacial score (nSPS) is 11.3. The highest BCUT2D eigenvalue weighted by Gasteiger charge is 2.13. The average Bonchev–Trinajstić information content (AvgIpc) is 2.41. The lowest BCUT2D eigenvalue weighted by atomic mass is 10.1. The van der Waals surface area contributed by atoms with E-state index in [0.717, 1.165) is 12.1 Å². The molecule has 1 aromatic carbocycles. The zero-order chi connectivity index (χ0) is 16.3. The highest BCUT2D eigenvalue weighted by Crippen LogP contribution is 2.27. The minimum Gasteiger partial charge on any atom is -0.393 e. The van der Waals surface area contributed by atoms with Crippen molar-refractivity contribution in [3.63, 3.8) is 0 Å². The van der Waals surface area contributed by atoms with Gasteiger partial charge in [0.2, 0.25) is 0 Å². The van der Waals surface area contributed by atoms with Gasteiger partial charge >= 0.3 is 0 Å². The summed E-state index contributed by atoms with van der Waals surface area (Å²) in [6.45, 7) is 5.89. The van der Waals surface area contributed by atoms with Gasteiger partial charge in [0.25, 0.3) is 0 Å². The first-order valence-corrected chi connectivity index (χ1v) is 6.62. The number of nitrogens with zero attached hydrogens (tertiary/aromatic N) is 2. The summed E-state index contributed by atoms with van der Waals surface area (Å²) in [6.07, 6.45) is 1.28. The topological polar surface area (TPSA) is 87.9 Å². The first kappa shape index (κ1) is 15.9. The van der Waals surface area contributed by atoms with Crippen LogP contribution in [0.4, 0.5) is 31.8 Å². The number of anilines is 4. The maximum absolute atomic E-state index is 13.7. The summed E-state index contributed by atoms with van der Waals surface area (Å²) in [5.41, 5.74) is 11.9. The van der Waals surface area contributed by atoms with E-state index in [1.165, 1.54) is 12.4 Å². The van der Waals surface area contributed by atoms with Crippen LogP contribution >= 0.6 is 0 Å². The van der Waals surface area contributed by atoms with Gasteiger partial charge < -0.3 is 16.5 Å². The van der Waals surface area contributed by atoms with Gasteiger partial charge in [-0.25, -0.2) is 24.2 Å². The third-order valence-electron chi connectivity index (χ3n) is 2.62. The Morgan fingerprint density at radius 3 is 2.41 bits per heavy atom. The number of nitrogens with one attached hydrogen (secondary N) is 3. The van der Waals surface area contributed by atoms with Gasteiger partial charge in [-0.15, -0.1) is 0 Å². The second-order valence-electron chi connectivity index (χ2n) is 5.73.